The lowest BCUT2D eigenvalue weighted by Gasteiger charge is -2.18. The molecule has 0 amide bonds. The molecule has 1 aromatic carbocycles. The van der Waals surface area contributed by atoms with Crippen LogP contribution in [0.2, 0.25) is 0 Å². The topological polar surface area (TPSA) is 85.5 Å². The van der Waals surface area contributed by atoms with Crippen LogP contribution >= 0.6 is 11.3 Å². The second kappa shape index (κ2) is 5.78. The first-order valence-corrected chi connectivity index (χ1v) is 8.10. The number of anilines is 1. The normalized spacial score (nSPS) is 11.8. The second-order valence-corrected chi connectivity index (χ2v) is 6.88. The number of thiazole rings is 1. The number of methoxy groups -OCH3 is 1. The maximum Gasteiger partial charge on any atom is 0.246 e. The van der Waals surface area contributed by atoms with Gasteiger partial charge >= 0.3 is 0 Å². The van der Waals surface area contributed by atoms with Crippen molar-refractivity contribution in [2.24, 2.45) is 0 Å². The van der Waals surface area contributed by atoms with Gasteiger partial charge in [-0.1, -0.05) is 0 Å². The van der Waals surface area contributed by atoms with Crippen molar-refractivity contribution in [3.05, 3.63) is 34.8 Å². The van der Waals surface area contributed by atoms with Crippen LogP contribution in [0.1, 0.15) is 5.69 Å². The highest BCUT2D eigenvalue weighted by molar-refractivity contribution is 7.89. The molecule has 108 valence electrons. The van der Waals surface area contributed by atoms with Crippen LogP contribution in [0.3, 0.4) is 0 Å². The van der Waals surface area contributed by atoms with E-state index in [2.05, 4.69) is 4.98 Å². The fraction of sp³-hybridized carbons (Fsp3) is 0.250. The average molecular weight is 313 g/mol. The van der Waals surface area contributed by atoms with Crippen LogP contribution in [0.5, 0.6) is 5.75 Å². The maximum absolute atomic E-state index is 12.6. The fourth-order valence-electron chi connectivity index (χ4n) is 1.69. The highest BCUT2D eigenvalue weighted by atomic mass is 32.2. The molecule has 0 fully saturated rings. The third-order valence-corrected chi connectivity index (χ3v) is 5.20. The number of nitrogens with zero attached hydrogens (tertiary/aromatic N) is 2. The number of ether oxygens (including phenoxy) is 1. The van der Waals surface area contributed by atoms with Crippen LogP contribution in [0.4, 0.5) is 5.69 Å². The van der Waals surface area contributed by atoms with Gasteiger partial charge in [0.1, 0.15) is 10.6 Å². The highest BCUT2D eigenvalue weighted by Crippen LogP contribution is 2.28. The van der Waals surface area contributed by atoms with E-state index in [-0.39, 0.29) is 17.2 Å². The third-order valence-electron chi connectivity index (χ3n) is 2.74. The van der Waals surface area contributed by atoms with Gasteiger partial charge in [0, 0.05) is 18.1 Å². The molecule has 0 unspecified atom stereocenters. The van der Waals surface area contributed by atoms with Gasteiger partial charge in [-0.05, 0) is 18.2 Å². The molecule has 0 aliphatic carbocycles. The predicted molar refractivity (Wildman–Crippen MR) is 78.2 cm³/mol. The molecule has 0 atom stereocenters. The summed E-state index contributed by atoms with van der Waals surface area (Å²) < 4.78 is 31.4. The number of nitrogens with two attached hydrogens (primary N) is 1. The summed E-state index contributed by atoms with van der Waals surface area (Å²) in [6.07, 6.45) is 0. The van der Waals surface area contributed by atoms with Gasteiger partial charge in [0.25, 0.3) is 0 Å². The van der Waals surface area contributed by atoms with Gasteiger partial charge in [-0.3, -0.25) is 0 Å². The van der Waals surface area contributed by atoms with Crippen molar-refractivity contribution in [1.29, 1.82) is 0 Å². The zero-order valence-corrected chi connectivity index (χ0v) is 12.7. The molecule has 2 aromatic rings. The zero-order chi connectivity index (χ0) is 14.8. The quantitative estimate of drug-likeness (QED) is 0.847. The molecule has 0 spiro atoms. The number of nitrogen functional groups attached to an aromatic ring is 1. The fourth-order valence-corrected chi connectivity index (χ4v) is 3.57. The van der Waals surface area contributed by atoms with Crippen molar-refractivity contribution in [2.45, 2.75) is 11.4 Å². The Bertz CT molecular complexity index is 684. The Balaban J connectivity index is 2.36. The van der Waals surface area contributed by atoms with E-state index in [1.165, 1.54) is 35.9 Å². The van der Waals surface area contributed by atoms with E-state index < -0.39 is 10.0 Å². The van der Waals surface area contributed by atoms with Crippen molar-refractivity contribution in [3.8, 4) is 5.75 Å². The Labute approximate surface area is 121 Å². The summed E-state index contributed by atoms with van der Waals surface area (Å²) in [5.74, 6) is 0.268. The van der Waals surface area contributed by atoms with E-state index in [1.807, 2.05) is 5.38 Å². The summed E-state index contributed by atoms with van der Waals surface area (Å²) in [6.45, 7) is 0.198. The van der Waals surface area contributed by atoms with Crippen molar-refractivity contribution in [3.63, 3.8) is 0 Å². The Morgan fingerprint density at radius 2 is 2.20 bits per heavy atom. The average Bonchev–Trinajstić information content (AvgIpc) is 2.91. The summed E-state index contributed by atoms with van der Waals surface area (Å²) in [4.78, 5) is 4.13. The van der Waals surface area contributed by atoms with Crippen LogP contribution in [0.15, 0.2) is 34.0 Å². The first-order chi connectivity index (χ1) is 9.45. The van der Waals surface area contributed by atoms with E-state index >= 15 is 0 Å². The molecule has 0 radical (unpaired) electrons. The van der Waals surface area contributed by atoms with Gasteiger partial charge in [-0.2, -0.15) is 4.31 Å². The molecule has 0 aliphatic rings. The Hall–Kier alpha value is -1.64. The van der Waals surface area contributed by atoms with Gasteiger partial charge < -0.3 is 10.5 Å². The number of sulfonamides is 1. The van der Waals surface area contributed by atoms with Crippen molar-refractivity contribution < 1.29 is 13.2 Å². The number of benzene rings is 1. The van der Waals surface area contributed by atoms with E-state index in [0.29, 0.717) is 11.4 Å². The molecule has 0 bridgehead atoms. The smallest absolute Gasteiger partial charge is 0.246 e. The minimum absolute atomic E-state index is 0.0535. The van der Waals surface area contributed by atoms with Gasteiger partial charge in [0.15, 0.2) is 0 Å². The van der Waals surface area contributed by atoms with Crippen LogP contribution in [0, 0.1) is 0 Å². The molecule has 0 saturated carbocycles. The van der Waals surface area contributed by atoms with Gasteiger partial charge in [0.2, 0.25) is 10.0 Å². The molecular weight excluding hydrogens is 298 g/mol. The van der Waals surface area contributed by atoms with E-state index in [0.717, 1.165) is 0 Å². The van der Waals surface area contributed by atoms with Gasteiger partial charge in [0.05, 0.1) is 24.9 Å². The number of hydrogen-bond acceptors (Lipinski definition) is 6. The highest BCUT2D eigenvalue weighted by Gasteiger charge is 2.25. The molecule has 0 saturated heterocycles. The third kappa shape index (κ3) is 2.92. The van der Waals surface area contributed by atoms with E-state index in [1.54, 1.807) is 17.6 Å². The molecule has 1 heterocycles. The minimum atomic E-state index is -3.69. The number of aromatic nitrogens is 1. The van der Waals surface area contributed by atoms with E-state index in [4.69, 9.17) is 10.5 Å². The van der Waals surface area contributed by atoms with Gasteiger partial charge in [-0.25, -0.2) is 13.4 Å². The van der Waals surface area contributed by atoms with Crippen molar-refractivity contribution >= 4 is 27.0 Å². The molecule has 0 aliphatic heterocycles. The first-order valence-electron chi connectivity index (χ1n) is 5.72. The minimum Gasteiger partial charge on any atom is -0.495 e. The molecule has 1 aromatic heterocycles. The largest absolute Gasteiger partial charge is 0.495 e. The predicted octanol–water partition coefficient (Wildman–Crippen LogP) is 1.55. The van der Waals surface area contributed by atoms with Gasteiger partial charge in [-0.15, -0.1) is 11.3 Å². The molecule has 8 heteroatoms. The number of rotatable bonds is 5. The molecule has 2 N–H and O–H groups in total. The Kier molecular flexibility index (Phi) is 4.26. The van der Waals surface area contributed by atoms with Crippen LogP contribution < -0.4 is 10.5 Å². The molecule has 20 heavy (non-hydrogen) atoms. The molecule has 2 rings (SSSR count). The summed E-state index contributed by atoms with van der Waals surface area (Å²) in [6, 6.07) is 4.53. The Morgan fingerprint density at radius 3 is 2.80 bits per heavy atom. The van der Waals surface area contributed by atoms with Crippen LogP contribution in [-0.4, -0.2) is 31.9 Å². The lowest BCUT2D eigenvalue weighted by atomic mass is 10.3. The zero-order valence-electron chi connectivity index (χ0n) is 11.1. The number of hydrogen-bond donors (Lipinski definition) is 1. The summed E-state index contributed by atoms with van der Waals surface area (Å²) in [7, 11) is -0.768. The lowest BCUT2D eigenvalue weighted by Crippen LogP contribution is -2.27. The standard InChI is InChI=1S/C12H15N3O3S2/c1-15(6-10-7-19-8-14-10)20(16,17)12-5-9(13)3-4-11(12)18-2/h3-5,7-8H,6,13H2,1-2H3. The molecular formula is C12H15N3O3S2. The van der Waals surface area contributed by atoms with Crippen LogP contribution in [-0.2, 0) is 16.6 Å². The van der Waals surface area contributed by atoms with Crippen LogP contribution in [0.25, 0.3) is 0 Å². The van der Waals surface area contributed by atoms with Crippen molar-refractivity contribution in [2.75, 3.05) is 19.9 Å². The lowest BCUT2D eigenvalue weighted by molar-refractivity contribution is 0.397. The maximum atomic E-state index is 12.6. The monoisotopic (exact) mass is 313 g/mol. The summed E-state index contributed by atoms with van der Waals surface area (Å²) >= 11 is 1.42. The Morgan fingerprint density at radius 1 is 1.45 bits per heavy atom. The summed E-state index contributed by atoms with van der Waals surface area (Å²) in [5, 5.41) is 1.81. The summed E-state index contributed by atoms with van der Waals surface area (Å²) in [5.41, 5.74) is 8.39. The molecule has 6 nitrogen and oxygen atoms in total. The SMILES string of the molecule is COc1ccc(N)cc1S(=O)(=O)N(C)Cc1cscn1. The van der Waals surface area contributed by atoms with E-state index in [9.17, 15) is 8.42 Å². The van der Waals surface area contributed by atoms with Crippen molar-refractivity contribution in [1.82, 2.24) is 9.29 Å². The first kappa shape index (κ1) is 14.8. The second-order valence-electron chi connectivity index (χ2n) is 4.15.